The van der Waals surface area contributed by atoms with E-state index in [1.54, 1.807) is 12.0 Å². The third-order valence-corrected chi connectivity index (χ3v) is 2.93. The third kappa shape index (κ3) is 7.42. The third-order valence-electron chi connectivity index (χ3n) is 2.93. The van der Waals surface area contributed by atoms with Crippen molar-refractivity contribution in [3.8, 4) is 0 Å². The number of methoxy groups -OCH3 is 1. The zero-order valence-electron chi connectivity index (χ0n) is 12.1. The summed E-state index contributed by atoms with van der Waals surface area (Å²) in [7, 11) is 1.60. The lowest BCUT2D eigenvalue weighted by molar-refractivity contribution is -0.133. The van der Waals surface area contributed by atoms with Crippen molar-refractivity contribution in [1.82, 2.24) is 10.2 Å². The minimum atomic E-state index is -0.283. The number of hydrogen-bond acceptors (Lipinski definition) is 5. The highest BCUT2D eigenvalue weighted by Crippen LogP contribution is 2.06. The Hall–Kier alpha value is -1.18. The van der Waals surface area contributed by atoms with E-state index in [1.807, 2.05) is 0 Å². The summed E-state index contributed by atoms with van der Waals surface area (Å²) in [6.07, 6.45) is 2.09. The second kappa shape index (κ2) is 10.6. The number of nitrogens with one attached hydrogen (secondary N) is 1. The molecule has 0 atom stereocenters. The van der Waals surface area contributed by atoms with Gasteiger partial charge in [0.2, 0.25) is 11.8 Å². The molecule has 1 fully saturated rings. The summed E-state index contributed by atoms with van der Waals surface area (Å²) in [5, 5.41) is 2.55. The predicted molar refractivity (Wildman–Crippen MR) is 72.3 cm³/mol. The number of nitrogens with zero attached hydrogens (tertiary/aromatic N) is 1. The Morgan fingerprint density at radius 1 is 1.05 bits per heavy atom. The van der Waals surface area contributed by atoms with Gasteiger partial charge in [-0.2, -0.15) is 0 Å². The van der Waals surface area contributed by atoms with Crippen molar-refractivity contribution >= 4 is 11.8 Å². The molecule has 20 heavy (non-hydrogen) atoms. The van der Waals surface area contributed by atoms with E-state index < -0.39 is 0 Å². The summed E-state index contributed by atoms with van der Waals surface area (Å²) in [5.41, 5.74) is 0. The lowest BCUT2D eigenvalue weighted by Gasteiger charge is -2.15. The van der Waals surface area contributed by atoms with Crippen LogP contribution in [0.2, 0.25) is 0 Å². The number of hydrogen-bond donors (Lipinski definition) is 1. The highest BCUT2D eigenvalue weighted by molar-refractivity contribution is 5.85. The highest BCUT2D eigenvalue weighted by Gasteiger charge is 2.17. The minimum absolute atomic E-state index is 0.0289. The molecule has 1 rings (SSSR count). The Kier molecular flexibility index (Phi) is 8.93. The fourth-order valence-corrected chi connectivity index (χ4v) is 1.83. The number of likely N-dealkylation sites (tertiary alicyclic amines) is 1. The zero-order valence-corrected chi connectivity index (χ0v) is 12.1. The van der Waals surface area contributed by atoms with Gasteiger partial charge in [-0.1, -0.05) is 0 Å². The van der Waals surface area contributed by atoms with Crippen molar-refractivity contribution in [3.05, 3.63) is 0 Å². The van der Waals surface area contributed by atoms with Crippen molar-refractivity contribution in [2.45, 2.75) is 12.8 Å². The molecular weight excluding hydrogens is 264 g/mol. The van der Waals surface area contributed by atoms with E-state index >= 15 is 0 Å². The fraction of sp³-hybridized carbons (Fsp3) is 0.846. The molecule has 116 valence electrons. The lowest BCUT2D eigenvalue weighted by atomic mass is 10.4. The summed E-state index contributed by atoms with van der Waals surface area (Å²) < 4.78 is 15.1. The van der Waals surface area contributed by atoms with E-state index in [9.17, 15) is 9.59 Å². The van der Waals surface area contributed by atoms with Crippen LogP contribution in [0, 0.1) is 0 Å². The van der Waals surface area contributed by atoms with Gasteiger partial charge >= 0.3 is 0 Å². The maximum atomic E-state index is 11.7. The Bertz CT molecular complexity index is 292. The molecule has 2 amide bonds. The average molecular weight is 288 g/mol. The van der Waals surface area contributed by atoms with Gasteiger partial charge in [0.25, 0.3) is 0 Å². The van der Waals surface area contributed by atoms with Crippen molar-refractivity contribution in [3.63, 3.8) is 0 Å². The smallest absolute Gasteiger partial charge is 0.246 e. The topological polar surface area (TPSA) is 77.1 Å². The average Bonchev–Trinajstić information content (AvgIpc) is 2.98. The fourth-order valence-electron chi connectivity index (χ4n) is 1.83. The molecule has 0 spiro atoms. The van der Waals surface area contributed by atoms with Crippen molar-refractivity contribution in [2.75, 3.05) is 59.8 Å². The van der Waals surface area contributed by atoms with Crippen LogP contribution in [-0.2, 0) is 23.8 Å². The van der Waals surface area contributed by atoms with Gasteiger partial charge in [0.05, 0.1) is 33.0 Å². The molecule has 0 radical (unpaired) electrons. The molecule has 1 heterocycles. The van der Waals surface area contributed by atoms with Gasteiger partial charge in [-0.05, 0) is 12.8 Å². The van der Waals surface area contributed by atoms with Crippen LogP contribution >= 0.6 is 0 Å². The van der Waals surface area contributed by atoms with Gasteiger partial charge in [0.1, 0.15) is 6.61 Å². The first-order valence-electron chi connectivity index (χ1n) is 6.93. The first-order valence-corrected chi connectivity index (χ1v) is 6.93. The van der Waals surface area contributed by atoms with Crippen molar-refractivity contribution in [1.29, 1.82) is 0 Å². The van der Waals surface area contributed by atoms with Crippen LogP contribution in [0.5, 0.6) is 0 Å². The van der Waals surface area contributed by atoms with E-state index in [2.05, 4.69) is 5.32 Å². The van der Waals surface area contributed by atoms with Crippen molar-refractivity contribution in [2.24, 2.45) is 0 Å². The molecule has 1 N–H and O–H groups in total. The molecule has 0 saturated carbocycles. The van der Waals surface area contributed by atoms with E-state index in [1.165, 1.54) is 0 Å². The number of rotatable bonds is 10. The van der Waals surface area contributed by atoms with Crippen LogP contribution in [0.4, 0.5) is 0 Å². The largest absolute Gasteiger partial charge is 0.382 e. The lowest BCUT2D eigenvalue weighted by Crippen LogP contribution is -2.40. The molecule has 7 heteroatoms. The Morgan fingerprint density at radius 2 is 1.70 bits per heavy atom. The van der Waals surface area contributed by atoms with Crippen LogP contribution in [0.1, 0.15) is 12.8 Å². The summed E-state index contributed by atoms with van der Waals surface area (Å²) in [5.74, 6) is -0.312. The van der Waals surface area contributed by atoms with Crippen LogP contribution in [-0.4, -0.2) is 76.5 Å². The molecule has 0 bridgehead atoms. The van der Waals surface area contributed by atoms with Gasteiger partial charge < -0.3 is 24.4 Å². The number of carbonyl (C=O) groups is 2. The Morgan fingerprint density at radius 3 is 2.40 bits per heavy atom. The molecule has 1 aliphatic heterocycles. The molecule has 0 aromatic heterocycles. The van der Waals surface area contributed by atoms with Gasteiger partial charge in [0, 0.05) is 20.2 Å². The van der Waals surface area contributed by atoms with Gasteiger partial charge in [-0.3, -0.25) is 9.59 Å². The van der Waals surface area contributed by atoms with Crippen LogP contribution < -0.4 is 5.32 Å². The molecule has 0 aromatic carbocycles. The maximum Gasteiger partial charge on any atom is 0.246 e. The molecule has 0 aromatic rings. The zero-order chi connectivity index (χ0) is 14.6. The standard InChI is InChI=1S/C13H24N2O5/c1-18-6-7-19-8-9-20-11-12(16)14-10-13(17)15-4-2-3-5-15/h2-11H2,1H3,(H,14,16). The summed E-state index contributed by atoms with van der Waals surface area (Å²) in [6.45, 7) is 3.40. The monoisotopic (exact) mass is 288 g/mol. The normalized spacial score (nSPS) is 14.6. The molecule has 1 aliphatic rings. The van der Waals surface area contributed by atoms with Crippen molar-refractivity contribution < 1.29 is 23.8 Å². The quantitative estimate of drug-likeness (QED) is 0.543. The summed E-state index contributed by atoms with van der Waals surface area (Å²) >= 11 is 0. The molecule has 7 nitrogen and oxygen atoms in total. The number of carbonyl (C=O) groups excluding carboxylic acids is 2. The predicted octanol–water partition coefficient (Wildman–Crippen LogP) is -0.595. The van der Waals surface area contributed by atoms with Gasteiger partial charge in [-0.15, -0.1) is 0 Å². The second-order valence-corrected chi connectivity index (χ2v) is 4.52. The van der Waals surface area contributed by atoms with E-state index in [0.29, 0.717) is 26.4 Å². The van der Waals surface area contributed by atoms with E-state index in [4.69, 9.17) is 14.2 Å². The van der Waals surface area contributed by atoms with Gasteiger partial charge in [0.15, 0.2) is 0 Å². The minimum Gasteiger partial charge on any atom is -0.382 e. The highest BCUT2D eigenvalue weighted by atomic mass is 16.5. The Labute approximate surface area is 119 Å². The van der Waals surface area contributed by atoms with E-state index in [-0.39, 0.29) is 25.0 Å². The maximum absolute atomic E-state index is 11.7. The first kappa shape index (κ1) is 16.9. The molecule has 0 aliphatic carbocycles. The first-order chi connectivity index (χ1) is 9.74. The summed E-state index contributed by atoms with van der Waals surface area (Å²) in [6, 6.07) is 0. The Balaban J connectivity index is 1.93. The molecule has 1 saturated heterocycles. The number of amides is 2. The second-order valence-electron chi connectivity index (χ2n) is 4.52. The van der Waals surface area contributed by atoms with E-state index in [0.717, 1.165) is 25.9 Å². The molecule has 0 unspecified atom stereocenters. The SMILES string of the molecule is COCCOCCOCC(=O)NCC(=O)N1CCCC1. The number of ether oxygens (including phenoxy) is 3. The summed E-state index contributed by atoms with van der Waals surface area (Å²) in [4.78, 5) is 24.9. The van der Waals surface area contributed by atoms with Crippen LogP contribution in [0.15, 0.2) is 0 Å². The van der Waals surface area contributed by atoms with Crippen LogP contribution in [0.25, 0.3) is 0 Å². The van der Waals surface area contributed by atoms with Crippen LogP contribution in [0.3, 0.4) is 0 Å². The van der Waals surface area contributed by atoms with Gasteiger partial charge in [-0.25, -0.2) is 0 Å². The molecular formula is C13H24N2O5.